The number of ether oxygens (including phenoxy) is 1. The van der Waals surface area contributed by atoms with E-state index in [1.54, 1.807) is 18.4 Å². The summed E-state index contributed by atoms with van der Waals surface area (Å²) in [7, 11) is 5.82. The van der Waals surface area contributed by atoms with Gasteiger partial charge in [-0.05, 0) is 14.1 Å². The van der Waals surface area contributed by atoms with Gasteiger partial charge in [-0.1, -0.05) is 0 Å². The molecule has 0 radical (unpaired) electrons. The lowest BCUT2D eigenvalue weighted by Crippen LogP contribution is -2.18. The van der Waals surface area contributed by atoms with Crippen LogP contribution in [0.4, 0.5) is 0 Å². The second kappa shape index (κ2) is 6.90. The molecule has 0 saturated heterocycles. The highest BCUT2D eigenvalue weighted by Gasteiger charge is 2.02. The average Bonchev–Trinajstić information content (AvgIpc) is 2.59. The predicted molar refractivity (Wildman–Crippen MR) is 63.1 cm³/mol. The predicted octanol–water partition coefficient (Wildman–Crippen LogP) is 0.941. The molecule has 0 bridgehead atoms. The molecule has 0 fully saturated rings. The number of methoxy groups -OCH3 is 1. The van der Waals surface area contributed by atoms with Gasteiger partial charge in [0, 0.05) is 32.1 Å². The third-order valence-electron chi connectivity index (χ3n) is 1.84. The maximum Gasteiger partial charge on any atom is 0.107 e. The van der Waals surface area contributed by atoms with E-state index in [0.717, 1.165) is 31.9 Å². The minimum Gasteiger partial charge on any atom is -0.383 e. The van der Waals surface area contributed by atoms with Crippen LogP contribution in [0.15, 0.2) is 5.38 Å². The number of hydrogen-bond donors (Lipinski definition) is 1. The molecular formula is C10H19N3OS. The molecule has 0 amide bonds. The fourth-order valence-corrected chi connectivity index (χ4v) is 2.07. The smallest absolute Gasteiger partial charge is 0.107 e. The van der Waals surface area contributed by atoms with Crippen molar-refractivity contribution in [2.45, 2.75) is 13.1 Å². The lowest BCUT2D eigenvalue weighted by Gasteiger charge is -2.05. The van der Waals surface area contributed by atoms with Crippen molar-refractivity contribution in [2.24, 2.45) is 0 Å². The van der Waals surface area contributed by atoms with Gasteiger partial charge < -0.3 is 15.0 Å². The summed E-state index contributed by atoms with van der Waals surface area (Å²) in [4.78, 5) is 6.65. The molecule has 5 heteroatoms. The summed E-state index contributed by atoms with van der Waals surface area (Å²) < 4.78 is 4.95. The van der Waals surface area contributed by atoms with Gasteiger partial charge in [-0.2, -0.15) is 0 Å². The van der Waals surface area contributed by atoms with Crippen molar-refractivity contribution in [1.82, 2.24) is 15.2 Å². The monoisotopic (exact) mass is 229 g/mol. The van der Waals surface area contributed by atoms with Crippen LogP contribution in [-0.4, -0.2) is 44.2 Å². The van der Waals surface area contributed by atoms with Gasteiger partial charge >= 0.3 is 0 Å². The Kier molecular flexibility index (Phi) is 5.78. The van der Waals surface area contributed by atoms with E-state index in [-0.39, 0.29) is 0 Å². The highest BCUT2D eigenvalue weighted by molar-refractivity contribution is 7.09. The van der Waals surface area contributed by atoms with E-state index in [2.05, 4.69) is 34.7 Å². The fourth-order valence-electron chi connectivity index (χ4n) is 1.16. The van der Waals surface area contributed by atoms with Crippen LogP contribution >= 0.6 is 11.3 Å². The second-order valence-corrected chi connectivity index (χ2v) is 4.58. The second-order valence-electron chi connectivity index (χ2n) is 3.64. The Balaban J connectivity index is 2.26. The van der Waals surface area contributed by atoms with Crippen molar-refractivity contribution < 1.29 is 4.74 Å². The SMILES string of the molecule is COCCNCc1csc(CN(C)C)n1. The molecule has 86 valence electrons. The van der Waals surface area contributed by atoms with Crippen molar-refractivity contribution in [1.29, 1.82) is 0 Å². The van der Waals surface area contributed by atoms with Crippen LogP contribution in [0.5, 0.6) is 0 Å². The lowest BCUT2D eigenvalue weighted by atomic mass is 10.4. The summed E-state index contributed by atoms with van der Waals surface area (Å²) in [6.45, 7) is 3.36. The van der Waals surface area contributed by atoms with Gasteiger partial charge in [0.05, 0.1) is 12.3 Å². The third kappa shape index (κ3) is 5.22. The molecule has 0 atom stereocenters. The van der Waals surface area contributed by atoms with Crippen LogP contribution < -0.4 is 5.32 Å². The van der Waals surface area contributed by atoms with Crippen LogP contribution in [0.25, 0.3) is 0 Å². The first-order chi connectivity index (χ1) is 7.22. The van der Waals surface area contributed by atoms with Crippen molar-refractivity contribution in [3.63, 3.8) is 0 Å². The standard InChI is InChI=1S/C10H19N3OS/c1-13(2)7-10-12-9(8-15-10)6-11-4-5-14-3/h8,11H,4-7H2,1-3H3. The first kappa shape index (κ1) is 12.6. The van der Waals surface area contributed by atoms with E-state index in [4.69, 9.17) is 4.74 Å². The molecule has 0 aliphatic carbocycles. The van der Waals surface area contributed by atoms with Crippen molar-refractivity contribution in [3.8, 4) is 0 Å². The Morgan fingerprint density at radius 1 is 1.53 bits per heavy atom. The van der Waals surface area contributed by atoms with Crippen LogP contribution in [0.3, 0.4) is 0 Å². The maximum absolute atomic E-state index is 4.95. The van der Waals surface area contributed by atoms with Gasteiger partial charge in [-0.15, -0.1) is 11.3 Å². The van der Waals surface area contributed by atoms with Crippen molar-refractivity contribution in [3.05, 3.63) is 16.1 Å². The normalized spacial score (nSPS) is 11.2. The number of rotatable bonds is 7. The van der Waals surface area contributed by atoms with Crippen LogP contribution in [-0.2, 0) is 17.8 Å². The summed E-state index contributed by atoms with van der Waals surface area (Å²) in [5, 5.41) is 6.55. The number of nitrogens with zero attached hydrogens (tertiary/aromatic N) is 2. The van der Waals surface area contributed by atoms with Crippen LogP contribution in [0.2, 0.25) is 0 Å². The number of aromatic nitrogens is 1. The zero-order valence-electron chi connectivity index (χ0n) is 9.62. The average molecular weight is 229 g/mol. The van der Waals surface area contributed by atoms with Crippen LogP contribution in [0, 0.1) is 0 Å². The largest absolute Gasteiger partial charge is 0.383 e. The highest BCUT2D eigenvalue weighted by atomic mass is 32.1. The number of thiazole rings is 1. The zero-order valence-corrected chi connectivity index (χ0v) is 10.4. The van der Waals surface area contributed by atoms with E-state index >= 15 is 0 Å². The van der Waals surface area contributed by atoms with Crippen LogP contribution in [0.1, 0.15) is 10.7 Å². The summed E-state index contributed by atoms with van der Waals surface area (Å²) >= 11 is 1.72. The molecule has 0 aliphatic heterocycles. The van der Waals surface area contributed by atoms with E-state index in [1.165, 1.54) is 5.01 Å². The fraction of sp³-hybridized carbons (Fsp3) is 0.700. The lowest BCUT2D eigenvalue weighted by molar-refractivity contribution is 0.199. The minimum atomic E-state index is 0.745. The Bertz CT molecular complexity index is 275. The summed E-state index contributed by atoms with van der Waals surface area (Å²) in [5.74, 6) is 0. The Labute approximate surface area is 95.3 Å². The Hall–Kier alpha value is -0.490. The molecule has 1 rings (SSSR count). The Morgan fingerprint density at radius 2 is 2.33 bits per heavy atom. The van der Waals surface area contributed by atoms with Gasteiger partial charge in [0.25, 0.3) is 0 Å². The molecular weight excluding hydrogens is 210 g/mol. The number of nitrogens with one attached hydrogen (secondary N) is 1. The molecule has 1 N–H and O–H groups in total. The van der Waals surface area contributed by atoms with E-state index in [0.29, 0.717) is 0 Å². The number of hydrogen-bond acceptors (Lipinski definition) is 5. The quantitative estimate of drug-likeness (QED) is 0.706. The Morgan fingerprint density at radius 3 is 3.00 bits per heavy atom. The van der Waals surface area contributed by atoms with Gasteiger partial charge in [0.2, 0.25) is 0 Å². The molecule has 0 saturated carbocycles. The maximum atomic E-state index is 4.95. The van der Waals surface area contributed by atoms with E-state index < -0.39 is 0 Å². The molecule has 0 aliphatic rings. The minimum absolute atomic E-state index is 0.745. The molecule has 1 heterocycles. The molecule has 4 nitrogen and oxygen atoms in total. The molecule has 0 unspecified atom stereocenters. The van der Waals surface area contributed by atoms with Gasteiger partial charge in [-0.3, -0.25) is 0 Å². The zero-order chi connectivity index (χ0) is 11.1. The van der Waals surface area contributed by atoms with E-state index in [1.807, 2.05) is 0 Å². The van der Waals surface area contributed by atoms with E-state index in [9.17, 15) is 0 Å². The summed E-state index contributed by atoms with van der Waals surface area (Å²) in [5.41, 5.74) is 1.12. The van der Waals surface area contributed by atoms with Gasteiger partial charge in [-0.25, -0.2) is 4.98 Å². The van der Waals surface area contributed by atoms with Gasteiger partial charge in [0.1, 0.15) is 5.01 Å². The topological polar surface area (TPSA) is 37.4 Å². The molecule has 0 aromatic carbocycles. The molecule has 0 spiro atoms. The third-order valence-corrected chi connectivity index (χ3v) is 2.72. The highest BCUT2D eigenvalue weighted by Crippen LogP contribution is 2.10. The summed E-state index contributed by atoms with van der Waals surface area (Å²) in [6, 6.07) is 0. The van der Waals surface area contributed by atoms with Crippen molar-refractivity contribution >= 4 is 11.3 Å². The van der Waals surface area contributed by atoms with Gasteiger partial charge in [0.15, 0.2) is 0 Å². The first-order valence-corrected chi connectivity index (χ1v) is 5.88. The molecule has 1 aromatic rings. The molecule has 1 aromatic heterocycles. The molecule has 15 heavy (non-hydrogen) atoms. The first-order valence-electron chi connectivity index (χ1n) is 5.00. The summed E-state index contributed by atoms with van der Waals surface area (Å²) in [6.07, 6.45) is 0. The van der Waals surface area contributed by atoms with Crippen molar-refractivity contribution in [2.75, 3.05) is 34.4 Å².